The highest BCUT2D eigenvalue weighted by Crippen LogP contribution is 2.12. The number of ether oxygens (including phenoxy) is 1. The second kappa shape index (κ2) is 7.30. The fourth-order valence-electron chi connectivity index (χ4n) is 1.11. The summed E-state index contributed by atoms with van der Waals surface area (Å²) in [4.78, 5) is 0. The minimum absolute atomic E-state index is 0.536. The van der Waals surface area contributed by atoms with E-state index in [-0.39, 0.29) is 0 Å². The standard InChI is InChI=1S/C10H23NO2/c1-4-10(12,5-2)9-11-7-8-13-6-3/h11-12H,4-9H2,1-3H3. The van der Waals surface area contributed by atoms with Gasteiger partial charge in [0.25, 0.3) is 0 Å². The first-order valence-corrected chi connectivity index (χ1v) is 5.19. The van der Waals surface area contributed by atoms with Crippen molar-refractivity contribution in [3.63, 3.8) is 0 Å². The largest absolute Gasteiger partial charge is 0.389 e. The zero-order valence-electron chi connectivity index (χ0n) is 9.10. The van der Waals surface area contributed by atoms with E-state index in [0.717, 1.165) is 32.6 Å². The van der Waals surface area contributed by atoms with Gasteiger partial charge in [-0.3, -0.25) is 0 Å². The molecule has 0 heterocycles. The third-order valence-electron chi connectivity index (χ3n) is 2.40. The van der Waals surface area contributed by atoms with Gasteiger partial charge in [0.05, 0.1) is 12.2 Å². The van der Waals surface area contributed by atoms with Crippen LogP contribution in [0, 0.1) is 0 Å². The van der Waals surface area contributed by atoms with Gasteiger partial charge in [-0.15, -0.1) is 0 Å². The van der Waals surface area contributed by atoms with Crippen molar-refractivity contribution in [3.05, 3.63) is 0 Å². The molecule has 0 aromatic carbocycles. The lowest BCUT2D eigenvalue weighted by Gasteiger charge is -2.25. The Morgan fingerprint density at radius 1 is 1.23 bits per heavy atom. The molecule has 0 spiro atoms. The van der Waals surface area contributed by atoms with Crippen LogP contribution in [0.2, 0.25) is 0 Å². The van der Waals surface area contributed by atoms with Crippen molar-refractivity contribution >= 4 is 0 Å². The molecule has 13 heavy (non-hydrogen) atoms. The smallest absolute Gasteiger partial charge is 0.0766 e. The lowest BCUT2D eigenvalue weighted by molar-refractivity contribution is 0.0305. The highest BCUT2D eigenvalue weighted by atomic mass is 16.5. The Morgan fingerprint density at radius 2 is 1.85 bits per heavy atom. The van der Waals surface area contributed by atoms with E-state index < -0.39 is 5.60 Å². The lowest BCUT2D eigenvalue weighted by Crippen LogP contribution is -2.40. The van der Waals surface area contributed by atoms with Gasteiger partial charge in [0.2, 0.25) is 0 Å². The Balaban J connectivity index is 3.39. The Bertz CT molecular complexity index is 113. The molecule has 0 unspecified atom stereocenters. The minimum atomic E-state index is -0.536. The van der Waals surface area contributed by atoms with Crippen LogP contribution in [0.15, 0.2) is 0 Å². The predicted octanol–water partition coefficient (Wildman–Crippen LogP) is 1.16. The summed E-state index contributed by atoms with van der Waals surface area (Å²) in [5, 5.41) is 13.1. The van der Waals surface area contributed by atoms with Gasteiger partial charge < -0.3 is 15.2 Å². The van der Waals surface area contributed by atoms with Crippen molar-refractivity contribution in [2.45, 2.75) is 39.2 Å². The van der Waals surface area contributed by atoms with Crippen molar-refractivity contribution in [2.75, 3.05) is 26.3 Å². The number of hydrogen-bond donors (Lipinski definition) is 2. The van der Waals surface area contributed by atoms with Gasteiger partial charge in [-0.2, -0.15) is 0 Å². The second-order valence-corrected chi connectivity index (χ2v) is 3.31. The first-order valence-electron chi connectivity index (χ1n) is 5.19. The summed E-state index contributed by atoms with van der Waals surface area (Å²) < 4.78 is 5.17. The zero-order chi connectivity index (χ0) is 10.2. The molecule has 0 aromatic heterocycles. The van der Waals surface area contributed by atoms with Gasteiger partial charge in [-0.25, -0.2) is 0 Å². The van der Waals surface area contributed by atoms with Gasteiger partial charge in [-0.1, -0.05) is 13.8 Å². The Hall–Kier alpha value is -0.120. The van der Waals surface area contributed by atoms with Crippen LogP contribution in [0.5, 0.6) is 0 Å². The van der Waals surface area contributed by atoms with Crippen molar-refractivity contribution in [3.8, 4) is 0 Å². The van der Waals surface area contributed by atoms with Gasteiger partial charge in [0, 0.05) is 19.7 Å². The molecule has 0 amide bonds. The molecule has 0 saturated carbocycles. The second-order valence-electron chi connectivity index (χ2n) is 3.31. The van der Waals surface area contributed by atoms with Crippen molar-refractivity contribution in [1.29, 1.82) is 0 Å². The third-order valence-corrected chi connectivity index (χ3v) is 2.40. The molecule has 0 saturated heterocycles. The maximum Gasteiger partial charge on any atom is 0.0766 e. The molecule has 80 valence electrons. The fraction of sp³-hybridized carbons (Fsp3) is 1.00. The molecule has 0 atom stereocenters. The van der Waals surface area contributed by atoms with E-state index in [1.807, 2.05) is 20.8 Å². The van der Waals surface area contributed by atoms with Crippen LogP contribution in [0.1, 0.15) is 33.6 Å². The highest BCUT2D eigenvalue weighted by molar-refractivity contribution is 4.77. The Kier molecular flexibility index (Phi) is 7.23. The molecule has 0 bridgehead atoms. The summed E-state index contributed by atoms with van der Waals surface area (Å²) in [7, 11) is 0. The van der Waals surface area contributed by atoms with Gasteiger partial charge >= 0.3 is 0 Å². The van der Waals surface area contributed by atoms with Crippen LogP contribution in [0.3, 0.4) is 0 Å². The van der Waals surface area contributed by atoms with Crippen LogP contribution in [0.4, 0.5) is 0 Å². The lowest BCUT2D eigenvalue weighted by atomic mass is 9.98. The molecule has 0 aliphatic carbocycles. The number of nitrogens with one attached hydrogen (secondary N) is 1. The van der Waals surface area contributed by atoms with E-state index in [4.69, 9.17) is 4.74 Å². The van der Waals surface area contributed by atoms with Crippen LogP contribution in [-0.2, 0) is 4.74 Å². The summed E-state index contributed by atoms with van der Waals surface area (Å²) in [5.74, 6) is 0. The van der Waals surface area contributed by atoms with E-state index in [0.29, 0.717) is 6.54 Å². The molecule has 0 aliphatic rings. The summed E-state index contributed by atoms with van der Waals surface area (Å²) >= 11 is 0. The van der Waals surface area contributed by atoms with Gasteiger partial charge in [-0.05, 0) is 19.8 Å². The summed E-state index contributed by atoms with van der Waals surface area (Å²) in [6.07, 6.45) is 1.59. The van der Waals surface area contributed by atoms with Crippen molar-refractivity contribution < 1.29 is 9.84 Å². The molecule has 3 heteroatoms. The highest BCUT2D eigenvalue weighted by Gasteiger charge is 2.20. The Labute approximate surface area is 81.5 Å². The molecular formula is C10H23NO2. The maximum atomic E-state index is 9.88. The van der Waals surface area contributed by atoms with E-state index in [9.17, 15) is 5.11 Å². The number of aliphatic hydroxyl groups is 1. The van der Waals surface area contributed by atoms with Crippen LogP contribution in [-0.4, -0.2) is 37.0 Å². The number of rotatable bonds is 8. The molecule has 0 rings (SSSR count). The third kappa shape index (κ3) is 6.02. The first-order chi connectivity index (χ1) is 6.18. The molecule has 3 nitrogen and oxygen atoms in total. The predicted molar refractivity (Wildman–Crippen MR) is 54.9 cm³/mol. The average molecular weight is 189 g/mol. The van der Waals surface area contributed by atoms with E-state index >= 15 is 0 Å². The zero-order valence-corrected chi connectivity index (χ0v) is 9.10. The normalized spacial score (nSPS) is 12.0. The Morgan fingerprint density at radius 3 is 2.31 bits per heavy atom. The molecule has 0 radical (unpaired) electrons. The number of hydrogen-bond acceptors (Lipinski definition) is 3. The maximum absolute atomic E-state index is 9.88. The molecule has 0 fully saturated rings. The van der Waals surface area contributed by atoms with E-state index in [1.165, 1.54) is 0 Å². The SMILES string of the molecule is CCOCCNCC(O)(CC)CC. The topological polar surface area (TPSA) is 41.5 Å². The van der Waals surface area contributed by atoms with Crippen molar-refractivity contribution in [2.24, 2.45) is 0 Å². The average Bonchev–Trinajstić information content (AvgIpc) is 2.17. The molecular weight excluding hydrogens is 166 g/mol. The fourth-order valence-corrected chi connectivity index (χ4v) is 1.11. The quantitative estimate of drug-likeness (QED) is 0.563. The summed E-state index contributed by atoms with van der Waals surface area (Å²) in [5.41, 5.74) is -0.536. The summed E-state index contributed by atoms with van der Waals surface area (Å²) in [6, 6.07) is 0. The van der Waals surface area contributed by atoms with Gasteiger partial charge in [0.15, 0.2) is 0 Å². The van der Waals surface area contributed by atoms with Gasteiger partial charge in [0.1, 0.15) is 0 Å². The molecule has 0 aromatic rings. The molecule has 2 N–H and O–H groups in total. The van der Waals surface area contributed by atoms with Crippen molar-refractivity contribution in [1.82, 2.24) is 5.32 Å². The monoisotopic (exact) mass is 189 g/mol. The first kappa shape index (κ1) is 12.9. The van der Waals surface area contributed by atoms with E-state index in [1.54, 1.807) is 0 Å². The summed E-state index contributed by atoms with van der Waals surface area (Å²) in [6.45, 7) is 8.95. The van der Waals surface area contributed by atoms with Crippen LogP contribution in [0.25, 0.3) is 0 Å². The van der Waals surface area contributed by atoms with Crippen LogP contribution < -0.4 is 5.32 Å². The van der Waals surface area contributed by atoms with Crippen LogP contribution >= 0.6 is 0 Å². The minimum Gasteiger partial charge on any atom is -0.389 e. The van der Waals surface area contributed by atoms with E-state index in [2.05, 4.69) is 5.32 Å². The molecule has 0 aliphatic heterocycles.